The molecule has 0 amide bonds. The Morgan fingerprint density at radius 3 is 2.90 bits per heavy atom. The number of aryl methyl sites for hydroxylation is 1. The van der Waals surface area contributed by atoms with Gasteiger partial charge in [0, 0.05) is 36.6 Å². The second-order valence-electron chi connectivity index (χ2n) is 6.34. The molecule has 4 heteroatoms. The van der Waals surface area contributed by atoms with Gasteiger partial charge >= 0.3 is 0 Å². The van der Waals surface area contributed by atoms with Crippen molar-refractivity contribution in [1.82, 2.24) is 19.9 Å². The van der Waals surface area contributed by atoms with Crippen molar-refractivity contribution in [2.75, 3.05) is 0 Å². The van der Waals surface area contributed by atoms with E-state index in [-0.39, 0.29) is 0 Å². The minimum Gasteiger partial charge on any atom is -0.310 e. The molecule has 1 fully saturated rings. The van der Waals surface area contributed by atoms with Crippen molar-refractivity contribution in [3.63, 3.8) is 0 Å². The lowest BCUT2D eigenvalue weighted by Crippen LogP contribution is -2.36. The second kappa shape index (κ2) is 6.56. The van der Waals surface area contributed by atoms with Crippen LogP contribution in [-0.4, -0.2) is 20.6 Å². The first-order valence-electron chi connectivity index (χ1n) is 8.30. The Labute approximate surface area is 127 Å². The van der Waals surface area contributed by atoms with E-state index in [1.165, 1.54) is 44.1 Å². The van der Waals surface area contributed by atoms with E-state index in [0.717, 1.165) is 23.8 Å². The van der Waals surface area contributed by atoms with E-state index in [2.05, 4.69) is 28.5 Å². The Balaban J connectivity index is 1.63. The maximum Gasteiger partial charge on any atom is 0.155 e. The first-order valence-corrected chi connectivity index (χ1v) is 8.30. The number of nitrogens with zero attached hydrogens (tertiary/aromatic N) is 3. The molecule has 1 N–H and O–H groups in total. The SMILES string of the molecule is CCC(NCc1cnc2cc(C)nn2c1)C1CCCCC1. The van der Waals surface area contributed by atoms with Gasteiger partial charge in [-0.15, -0.1) is 0 Å². The standard InChI is InChI=1S/C17H26N4/c1-3-16(15-7-5-4-6-8-15)18-10-14-11-19-17-9-13(2)20-21(17)12-14/h9,11-12,15-16,18H,3-8,10H2,1-2H3. The largest absolute Gasteiger partial charge is 0.310 e. The summed E-state index contributed by atoms with van der Waals surface area (Å²) in [6.07, 6.45) is 12.3. The van der Waals surface area contributed by atoms with Gasteiger partial charge in [0.05, 0.1) is 5.69 Å². The fourth-order valence-electron chi connectivity index (χ4n) is 3.55. The van der Waals surface area contributed by atoms with Crippen LogP contribution in [0, 0.1) is 12.8 Å². The predicted octanol–water partition coefficient (Wildman–Crippen LogP) is 3.49. The Bertz CT molecular complexity index is 583. The van der Waals surface area contributed by atoms with Gasteiger partial charge in [-0.25, -0.2) is 9.50 Å². The number of aromatic nitrogens is 3. The molecule has 2 aromatic rings. The topological polar surface area (TPSA) is 42.2 Å². The zero-order chi connectivity index (χ0) is 14.7. The number of hydrogen-bond acceptors (Lipinski definition) is 3. The van der Waals surface area contributed by atoms with Crippen LogP contribution in [0.4, 0.5) is 0 Å². The summed E-state index contributed by atoms with van der Waals surface area (Å²) in [7, 11) is 0. The summed E-state index contributed by atoms with van der Waals surface area (Å²) in [5, 5.41) is 8.18. The van der Waals surface area contributed by atoms with Gasteiger partial charge in [0.2, 0.25) is 0 Å². The van der Waals surface area contributed by atoms with Crippen LogP contribution >= 0.6 is 0 Å². The summed E-state index contributed by atoms with van der Waals surface area (Å²) in [6, 6.07) is 2.65. The molecule has 3 rings (SSSR count). The zero-order valence-electron chi connectivity index (χ0n) is 13.2. The lowest BCUT2D eigenvalue weighted by atomic mass is 9.83. The molecule has 1 atom stereocenters. The van der Waals surface area contributed by atoms with Crippen LogP contribution in [0.3, 0.4) is 0 Å². The molecule has 0 radical (unpaired) electrons. The first kappa shape index (κ1) is 14.5. The van der Waals surface area contributed by atoms with Gasteiger partial charge in [-0.3, -0.25) is 0 Å². The maximum absolute atomic E-state index is 4.48. The average molecular weight is 286 g/mol. The summed E-state index contributed by atoms with van der Waals surface area (Å²) < 4.78 is 1.88. The van der Waals surface area contributed by atoms with E-state index >= 15 is 0 Å². The molecule has 0 bridgehead atoms. The lowest BCUT2D eigenvalue weighted by Gasteiger charge is -2.30. The van der Waals surface area contributed by atoms with Crippen LogP contribution in [-0.2, 0) is 6.54 Å². The van der Waals surface area contributed by atoms with Gasteiger partial charge in [-0.1, -0.05) is 26.2 Å². The monoisotopic (exact) mass is 286 g/mol. The molecule has 0 aliphatic heterocycles. The van der Waals surface area contributed by atoms with Crippen molar-refractivity contribution >= 4 is 5.65 Å². The van der Waals surface area contributed by atoms with Crippen LogP contribution in [0.15, 0.2) is 18.5 Å². The molecule has 2 aromatic heterocycles. The van der Waals surface area contributed by atoms with Crippen LogP contribution in [0.1, 0.15) is 56.7 Å². The van der Waals surface area contributed by atoms with Gasteiger partial charge in [0.25, 0.3) is 0 Å². The summed E-state index contributed by atoms with van der Waals surface area (Å²) in [5.74, 6) is 0.854. The van der Waals surface area contributed by atoms with Gasteiger partial charge < -0.3 is 5.32 Å². The van der Waals surface area contributed by atoms with Gasteiger partial charge in [0.1, 0.15) is 0 Å². The molecule has 4 nitrogen and oxygen atoms in total. The van der Waals surface area contributed by atoms with E-state index in [1.807, 2.05) is 23.7 Å². The molecular formula is C17H26N4. The molecule has 0 aromatic carbocycles. The molecule has 114 valence electrons. The van der Waals surface area contributed by atoms with E-state index < -0.39 is 0 Å². The summed E-state index contributed by atoms with van der Waals surface area (Å²) in [4.78, 5) is 4.48. The number of fused-ring (bicyclic) bond motifs is 1. The molecule has 1 aliphatic carbocycles. The van der Waals surface area contributed by atoms with Gasteiger partial charge in [0.15, 0.2) is 5.65 Å². The van der Waals surface area contributed by atoms with E-state index in [1.54, 1.807) is 0 Å². The Morgan fingerprint density at radius 2 is 2.14 bits per heavy atom. The smallest absolute Gasteiger partial charge is 0.155 e. The van der Waals surface area contributed by atoms with E-state index in [0.29, 0.717) is 6.04 Å². The zero-order valence-corrected chi connectivity index (χ0v) is 13.2. The number of hydrogen-bond donors (Lipinski definition) is 1. The van der Waals surface area contributed by atoms with Crippen LogP contribution in [0.25, 0.3) is 5.65 Å². The molecule has 0 spiro atoms. The third-order valence-corrected chi connectivity index (χ3v) is 4.72. The highest BCUT2D eigenvalue weighted by Crippen LogP contribution is 2.27. The molecule has 21 heavy (non-hydrogen) atoms. The van der Waals surface area contributed by atoms with Crippen molar-refractivity contribution in [3.8, 4) is 0 Å². The normalized spacial score (nSPS) is 18.2. The first-order chi connectivity index (χ1) is 10.3. The second-order valence-corrected chi connectivity index (χ2v) is 6.34. The molecule has 1 unspecified atom stereocenters. The molecular weight excluding hydrogens is 260 g/mol. The highest BCUT2D eigenvalue weighted by molar-refractivity contribution is 5.38. The van der Waals surface area contributed by atoms with Crippen molar-refractivity contribution in [2.24, 2.45) is 5.92 Å². The Hall–Kier alpha value is -1.42. The Kier molecular flexibility index (Phi) is 4.54. The van der Waals surface area contributed by atoms with Crippen LogP contribution < -0.4 is 5.32 Å². The van der Waals surface area contributed by atoms with E-state index in [4.69, 9.17) is 0 Å². The number of nitrogens with one attached hydrogen (secondary N) is 1. The summed E-state index contributed by atoms with van der Waals surface area (Å²) in [5.41, 5.74) is 3.15. The lowest BCUT2D eigenvalue weighted by molar-refractivity contribution is 0.261. The molecule has 1 saturated carbocycles. The van der Waals surface area contributed by atoms with Crippen LogP contribution in [0.2, 0.25) is 0 Å². The van der Waals surface area contributed by atoms with Crippen molar-refractivity contribution in [2.45, 2.75) is 65.0 Å². The summed E-state index contributed by atoms with van der Waals surface area (Å²) >= 11 is 0. The number of rotatable bonds is 5. The highest BCUT2D eigenvalue weighted by atomic mass is 15.2. The third-order valence-electron chi connectivity index (χ3n) is 4.72. The van der Waals surface area contributed by atoms with Crippen molar-refractivity contribution in [3.05, 3.63) is 29.7 Å². The van der Waals surface area contributed by atoms with Gasteiger partial charge in [-0.05, 0) is 32.1 Å². The quantitative estimate of drug-likeness (QED) is 0.915. The Morgan fingerprint density at radius 1 is 1.33 bits per heavy atom. The third kappa shape index (κ3) is 3.43. The minimum atomic E-state index is 0.639. The van der Waals surface area contributed by atoms with Crippen molar-refractivity contribution < 1.29 is 0 Å². The molecule has 1 aliphatic rings. The maximum atomic E-state index is 4.48. The highest BCUT2D eigenvalue weighted by Gasteiger charge is 2.21. The molecule has 2 heterocycles. The van der Waals surface area contributed by atoms with Gasteiger partial charge in [-0.2, -0.15) is 5.10 Å². The van der Waals surface area contributed by atoms with Crippen molar-refractivity contribution in [1.29, 1.82) is 0 Å². The minimum absolute atomic E-state index is 0.639. The van der Waals surface area contributed by atoms with Crippen LogP contribution in [0.5, 0.6) is 0 Å². The van der Waals surface area contributed by atoms with E-state index in [9.17, 15) is 0 Å². The average Bonchev–Trinajstić information content (AvgIpc) is 2.88. The molecule has 0 saturated heterocycles. The predicted molar refractivity (Wildman–Crippen MR) is 85.2 cm³/mol. The fourth-order valence-corrected chi connectivity index (χ4v) is 3.55. The fraction of sp³-hybridized carbons (Fsp3) is 0.647. The summed E-state index contributed by atoms with van der Waals surface area (Å²) in [6.45, 7) is 5.18.